The molecule has 5 heteroatoms. The monoisotopic (exact) mass is 401 g/mol. The smallest absolute Gasteiger partial charge is 0.418 e. The Kier molecular flexibility index (Phi) is 5.25. The number of carbonyl (C=O) groups is 1. The van der Waals surface area contributed by atoms with Crippen molar-refractivity contribution in [2.24, 2.45) is 0 Å². The number of benzene rings is 2. The van der Waals surface area contributed by atoms with Gasteiger partial charge in [-0.3, -0.25) is 0 Å². The predicted octanol–water partition coefficient (Wildman–Crippen LogP) is 5.24. The predicted molar refractivity (Wildman–Crippen MR) is 89.8 cm³/mol. The van der Waals surface area contributed by atoms with Crippen LogP contribution in [0.25, 0.3) is 0 Å². The van der Waals surface area contributed by atoms with Gasteiger partial charge in [-0.05, 0) is 59.8 Å². The van der Waals surface area contributed by atoms with Gasteiger partial charge in [-0.25, -0.2) is 9.69 Å². The molecule has 2 rings (SSSR count). The van der Waals surface area contributed by atoms with Crippen LogP contribution in [0.5, 0.6) is 0 Å². The van der Waals surface area contributed by atoms with Crippen molar-refractivity contribution in [3.63, 3.8) is 0 Å². The zero-order valence-corrected chi connectivity index (χ0v) is 13.8. The lowest BCUT2D eigenvalue weighted by atomic mass is 10.2. The number of halogens is 2. The molecule has 2 aromatic carbocycles. The SMILES string of the molecule is CCOC(=O)N(c1ccccc1)c1ccc(Cl)cc1I. The van der Waals surface area contributed by atoms with Crippen molar-refractivity contribution >= 4 is 51.7 Å². The molecule has 0 aromatic heterocycles. The van der Waals surface area contributed by atoms with E-state index in [1.165, 1.54) is 0 Å². The van der Waals surface area contributed by atoms with Gasteiger partial charge in [0.05, 0.1) is 18.0 Å². The Bertz CT molecular complexity index is 604. The van der Waals surface area contributed by atoms with Gasteiger partial charge in [0.2, 0.25) is 0 Å². The lowest BCUT2D eigenvalue weighted by molar-refractivity contribution is 0.162. The quantitative estimate of drug-likeness (QED) is 0.658. The first kappa shape index (κ1) is 15.1. The highest BCUT2D eigenvalue weighted by molar-refractivity contribution is 14.1. The summed E-state index contributed by atoms with van der Waals surface area (Å²) in [4.78, 5) is 13.8. The van der Waals surface area contributed by atoms with E-state index in [2.05, 4.69) is 22.6 Å². The molecule has 104 valence electrons. The first-order valence-corrected chi connectivity index (χ1v) is 7.56. The fraction of sp³-hybridized carbons (Fsp3) is 0.133. The average Bonchev–Trinajstić information content (AvgIpc) is 2.43. The zero-order valence-electron chi connectivity index (χ0n) is 10.8. The first-order valence-electron chi connectivity index (χ1n) is 6.10. The maximum Gasteiger partial charge on any atom is 0.418 e. The van der Waals surface area contributed by atoms with E-state index in [-0.39, 0.29) is 0 Å². The van der Waals surface area contributed by atoms with E-state index in [0.717, 1.165) is 14.9 Å². The van der Waals surface area contributed by atoms with Crippen molar-refractivity contribution in [3.8, 4) is 0 Å². The standard InChI is InChI=1S/C15H13ClINO2/c1-2-20-15(19)18(12-6-4-3-5-7-12)14-9-8-11(16)10-13(14)17/h3-10H,2H2,1H3. The third-order valence-corrected chi connectivity index (χ3v) is 3.71. The molecule has 0 unspecified atom stereocenters. The highest BCUT2D eigenvalue weighted by atomic mass is 127. The number of hydrogen-bond donors (Lipinski definition) is 0. The minimum Gasteiger partial charge on any atom is -0.449 e. The second-order valence-corrected chi connectivity index (χ2v) is 5.56. The highest BCUT2D eigenvalue weighted by Gasteiger charge is 2.21. The molecule has 0 saturated heterocycles. The number of anilines is 2. The maximum absolute atomic E-state index is 12.2. The van der Waals surface area contributed by atoms with Gasteiger partial charge in [-0.2, -0.15) is 0 Å². The van der Waals surface area contributed by atoms with E-state index in [0.29, 0.717) is 11.6 Å². The highest BCUT2D eigenvalue weighted by Crippen LogP contribution is 2.32. The van der Waals surface area contributed by atoms with Crippen molar-refractivity contribution in [2.45, 2.75) is 6.92 Å². The number of carbonyl (C=O) groups excluding carboxylic acids is 1. The van der Waals surface area contributed by atoms with Crippen LogP contribution in [-0.2, 0) is 4.74 Å². The molecule has 0 heterocycles. The Morgan fingerprint density at radius 1 is 1.25 bits per heavy atom. The summed E-state index contributed by atoms with van der Waals surface area (Å²) < 4.78 is 6.03. The number of nitrogens with zero attached hydrogens (tertiary/aromatic N) is 1. The second-order valence-electron chi connectivity index (χ2n) is 3.97. The summed E-state index contributed by atoms with van der Waals surface area (Å²) in [7, 11) is 0. The molecular formula is C15H13ClINO2. The molecule has 1 amide bonds. The Morgan fingerprint density at radius 2 is 1.95 bits per heavy atom. The molecule has 20 heavy (non-hydrogen) atoms. The van der Waals surface area contributed by atoms with Crippen LogP contribution in [-0.4, -0.2) is 12.7 Å². The van der Waals surface area contributed by atoms with Crippen molar-refractivity contribution in [1.82, 2.24) is 0 Å². The van der Waals surface area contributed by atoms with Gasteiger partial charge in [-0.15, -0.1) is 0 Å². The van der Waals surface area contributed by atoms with Crippen LogP contribution in [0.3, 0.4) is 0 Å². The molecule has 0 N–H and O–H groups in total. The van der Waals surface area contributed by atoms with Crippen LogP contribution in [0.2, 0.25) is 5.02 Å². The Morgan fingerprint density at radius 3 is 2.55 bits per heavy atom. The van der Waals surface area contributed by atoms with Gasteiger partial charge >= 0.3 is 6.09 Å². The summed E-state index contributed by atoms with van der Waals surface area (Å²) in [5.41, 5.74) is 1.51. The summed E-state index contributed by atoms with van der Waals surface area (Å²) >= 11 is 8.12. The van der Waals surface area contributed by atoms with Crippen molar-refractivity contribution in [2.75, 3.05) is 11.5 Å². The molecule has 0 aliphatic carbocycles. The lowest BCUT2D eigenvalue weighted by Gasteiger charge is -2.23. The van der Waals surface area contributed by atoms with E-state index in [1.807, 2.05) is 42.5 Å². The number of rotatable bonds is 3. The van der Waals surface area contributed by atoms with Crippen molar-refractivity contribution in [1.29, 1.82) is 0 Å². The maximum atomic E-state index is 12.2. The van der Waals surface area contributed by atoms with Crippen LogP contribution in [0.15, 0.2) is 48.5 Å². The van der Waals surface area contributed by atoms with Crippen molar-refractivity contribution in [3.05, 3.63) is 57.1 Å². The summed E-state index contributed by atoms with van der Waals surface area (Å²) in [6, 6.07) is 14.8. The Balaban J connectivity index is 2.49. The van der Waals surface area contributed by atoms with E-state index >= 15 is 0 Å². The number of amides is 1. The first-order chi connectivity index (χ1) is 9.63. The molecule has 2 aromatic rings. The summed E-state index contributed by atoms with van der Waals surface area (Å²) in [6.45, 7) is 2.11. The molecule has 0 spiro atoms. The normalized spacial score (nSPS) is 10.2. The minimum atomic E-state index is -0.404. The van der Waals surface area contributed by atoms with Crippen LogP contribution in [0, 0.1) is 3.57 Å². The van der Waals surface area contributed by atoms with Crippen LogP contribution in [0.1, 0.15) is 6.92 Å². The van der Waals surface area contributed by atoms with Crippen molar-refractivity contribution < 1.29 is 9.53 Å². The summed E-state index contributed by atoms with van der Waals surface area (Å²) in [6.07, 6.45) is -0.404. The topological polar surface area (TPSA) is 29.5 Å². The number of ether oxygens (including phenoxy) is 1. The summed E-state index contributed by atoms with van der Waals surface area (Å²) in [5.74, 6) is 0. The minimum absolute atomic E-state index is 0.326. The van der Waals surface area contributed by atoms with Crippen LogP contribution < -0.4 is 4.90 Å². The molecule has 0 atom stereocenters. The fourth-order valence-electron chi connectivity index (χ4n) is 1.77. The van der Waals surface area contributed by atoms with Gasteiger partial charge in [0.15, 0.2) is 0 Å². The molecule has 0 aliphatic heterocycles. The number of hydrogen-bond acceptors (Lipinski definition) is 2. The number of para-hydroxylation sites is 1. The average molecular weight is 402 g/mol. The van der Waals surface area contributed by atoms with Gasteiger partial charge in [0.25, 0.3) is 0 Å². The van der Waals surface area contributed by atoms with E-state index in [4.69, 9.17) is 16.3 Å². The largest absolute Gasteiger partial charge is 0.449 e. The molecule has 0 radical (unpaired) electrons. The van der Waals surface area contributed by atoms with Crippen LogP contribution in [0.4, 0.5) is 16.2 Å². The molecule has 0 fully saturated rings. The zero-order chi connectivity index (χ0) is 14.5. The molecule has 0 saturated carbocycles. The fourth-order valence-corrected chi connectivity index (χ4v) is 2.88. The van der Waals surface area contributed by atoms with Gasteiger partial charge in [-0.1, -0.05) is 29.8 Å². The third kappa shape index (κ3) is 3.43. The van der Waals surface area contributed by atoms with E-state index in [1.54, 1.807) is 17.9 Å². The van der Waals surface area contributed by atoms with E-state index < -0.39 is 6.09 Å². The molecule has 3 nitrogen and oxygen atoms in total. The second kappa shape index (κ2) is 6.95. The summed E-state index contributed by atoms with van der Waals surface area (Å²) in [5, 5.41) is 0.634. The van der Waals surface area contributed by atoms with Gasteiger partial charge in [0.1, 0.15) is 0 Å². The Labute approximate surface area is 136 Å². The molecule has 0 aliphatic rings. The van der Waals surface area contributed by atoms with Crippen LogP contribution >= 0.6 is 34.2 Å². The van der Waals surface area contributed by atoms with E-state index in [9.17, 15) is 4.79 Å². The van der Waals surface area contributed by atoms with Gasteiger partial charge in [0, 0.05) is 8.59 Å². The van der Waals surface area contributed by atoms with Gasteiger partial charge < -0.3 is 4.74 Å². The third-order valence-electron chi connectivity index (χ3n) is 2.62. The molecular weight excluding hydrogens is 389 g/mol. The lowest BCUT2D eigenvalue weighted by Crippen LogP contribution is -2.27. The Hall–Kier alpha value is -1.27. The molecule has 0 bridgehead atoms.